The third-order valence-corrected chi connectivity index (χ3v) is 6.49. The Bertz CT molecular complexity index is 468. The Morgan fingerprint density at radius 2 is 2.14 bits per heavy atom. The molecule has 0 aromatic heterocycles. The van der Waals surface area contributed by atoms with Crippen LogP contribution in [0.4, 0.5) is 0 Å². The van der Waals surface area contributed by atoms with Crippen LogP contribution in [0.3, 0.4) is 0 Å². The fraction of sp³-hybridized carbons (Fsp3) is 1.00. The van der Waals surface area contributed by atoms with Crippen molar-refractivity contribution in [1.82, 2.24) is 13.9 Å². The van der Waals surface area contributed by atoms with Gasteiger partial charge in [-0.2, -0.15) is 17.0 Å². The molecule has 0 radical (unpaired) electrons. The van der Waals surface area contributed by atoms with Gasteiger partial charge in [0.2, 0.25) is 0 Å². The predicted molar refractivity (Wildman–Crippen MR) is 85.0 cm³/mol. The van der Waals surface area contributed by atoms with Gasteiger partial charge in [0.1, 0.15) is 0 Å². The van der Waals surface area contributed by atoms with Crippen LogP contribution in [-0.2, 0) is 10.2 Å². The summed E-state index contributed by atoms with van der Waals surface area (Å²) in [6.45, 7) is 4.30. The number of hydrogen-bond donors (Lipinski definition) is 4. The molecule has 0 bridgehead atoms. The van der Waals surface area contributed by atoms with E-state index in [-0.39, 0.29) is 12.2 Å². The van der Waals surface area contributed by atoms with Gasteiger partial charge in [-0.1, -0.05) is 6.42 Å². The van der Waals surface area contributed by atoms with E-state index in [4.69, 9.17) is 15.8 Å². The topological polar surface area (TPSA) is 119 Å². The van der Waals surface area contributed by atoms with Crippen molar-refractivity contribution in [2.45, 2.75) is 38.0 Å². The van der Waals surface area contributed by atoms with Crippen molar-refractivity contribution >= 4 is 17.3 Å². The van der Waals surface area contributed by atoms with E-state index < -0.39 is 22.9 Å². The Morgan fingerprint density at radius 3 is 2.73 bits per heavy atom. The molecule has 2 rings (SSSR count). The molecule has 2 aliphatic rings. The molecular weight excluding hydrogens is 307 g/mol. The average molecular weight is 334 g/mol. The van der Waals surface area contributed by atoms with Crippen molar-refractivity contribution < 1.29 is 18.5 Å². The maximum absolute atomic E-state index is 12.7. The summed E-state index contributed by atoms with van der Waals surface area (Å²) in [5.41, 5.74) is 5.70. The number of nitrogens with zero attached hydrogens (tertiary/aromatic N) is 2. The second kappa shape index (κ2) is 7.12. The number of rotatable bonds is 6. The van der Waals surface area contributed by atoms with E-state index in [2.05, 4.69) is 5.32 Å². The van der Waals surface area contributed by atoms with Crippen LogP contribution in [0.25, 0.3) is 0 Å². The molecule has 0 saturated carbocycles. The third-order valence-electron chi connectivity index (χ3n) is 4.59. The van der Waals surface area contributed by atoms with Crippen LogP contribution in [0.1, 0.15) is 26.2 Å². The molecule has 0 spiro atoms. The summed E-state index contributed by atoms with van der Waals surface area (Å²) in [6.07, 6.45) is 2.41. The first kappa shape index (κ1) is 18.1. The first-order valence-corrected chi connectivity index (χ1v) is 9.24. The van der Waals surface area contributed by atoms with E-state index in [1.807, 2.05) is 6.92 Å². The summed E-state index contributed by atoms with van der Waals surface area (Å²) < 4.78 is 28.3. The zero-order valence-corrected chi connectivity index (χ0v) is 13.9. The Morgan fingerprint density at radius 1 is 1.41 bits per heavy atom. The second-order valence-corrected chi connectivity index (χ2v) is 8.53. The van der Waals surface area contributed by atoms with Gasteiger partial charge in [-0.15, -0.1) is 0 Å². The highest BCUT2D eigenvalue weighted by Gasteiger charge is 2.45. The highest BCUT2D eigenvalue weighted by atomic mass is 32.2. The highest BCUT2D eigenvalue weighted by Crippen LogP contribution is 2.32. The standard InChI is InChI=1S/C12H27BN4O4S/c1-12(14)9-17(8-11(12)4-2-5-13(18)19)22(20,21)16-7-3-6-15-10-16/h11,15,18-19H,2-10,14H2,1H3/t11-,12-/m0/s1. The molecular formula is C12H27BN4O4S. The molecule has 10 heteroatoms. The maximum Gasteiger partial charge on any atom is 0.451 e. The van der Waals surface area contributed by atoms with Crippen LogP contribution >= 0.6 is 0 Å². The number of nitrogens with two attached hydrogens (primary N) is 1. The summed E-state index contributed by atoms with van der Waals surface area (Å²) >= 11 is 0. The van der Waals surface area contributed by atoms with Crippen molar-refractivity contribution in [3.8, 4) is 0 Å². The van der Waals surface area contributed by atoms with E-state index in [0.29, 0.717) is 39.1 Å². The first-order chi connectivity index (χ1) is 10.2. The monoisotopic (exact) mass is 334 g/mol. The van der Waals surface area contributed by atoms with Crippen LogP contribution in [0, 0.1) is 5.92 Å². The highest BCUT2D eigenvalue weighted by molar-refractivity contribution is 7.86. The zero-order chi connectivity index (χ0) is 16.4. The average Bonchev–Trinajstić information content (AvgIpc) is 2.75. The van der Waals surface area contributed by atoms with Gasteiger partial charge in [-0.05, 0) is 38.5 Å². The first-order valence-electron chi connectivity index (χ1n) is 7.84. The molecule has 2 fully saturated rings. The summed E-state index contributed by atoms with van der Waals surface area (Å²) in [7, 11) is -4.80. The molecule has 2 saturated heterocycles. The van der Waals surface area contributed by atoms with Gasteiger partial charge in [-0.25, -0.2) is 0 Å². The van der Waals surface area contributed by atoms with E-state index >= 15 is 0 Å². The molecule has 8 nitrogen and oxygen atoms in total. The molecule has 22 heavy (non-hydrogen) atoms. The fourth-order valence-corrected chi connectivity index (χ4v) is 4.95. The minimum absolute atomic E-state index is 0.0266. The lowest BCUT2D eigenvalue weighted by molar-refractivity contribution is 0.300. The predicted octanol–water partition coefficient (Wildman–Crippen LogP) is -1.61. The second-order valence-electron chi connectivity index (χ2n) is 6.60. The lowest BCUT2D eigenvalue weighted by atomic mass is 9.79. The molecule has 0 aliphatic carbocycles. The third kappa shape index (κ3) is 4.19. The van der Waals surface area contributed by atoms with Crippen molar-refractivity contribution in [3.63, 3.8) is 0 Å². The summed E-state index contributed by atoms with van der Waals surface area (Å²) in [6, 6.07) is 0. The molecule has 2 atom stereocenters. The Hall–Kier alpha value is -0.225. The molecule has 128 valence electrons. The van der Waals surface area contributed by atoms with Crippen LogP contribution in [0.15, 0.2) is 0 Å². The molecule has 2 aliphatic heterocycles. The maximum atomic E-state index is 12.7. The van der Waals surface area contributed by atoms with Crippen LogP contribution < -0.4 is 11.1 Å². The van der Waals surface area contributed by atoms with Crippen LogP contribution in [0.5, 0.6) is 0 Å². The van der Waals surface area contributed by atoms with E-state index in [0.717, 1.165) is 13.0 Å². The zero-order valence-electron chi connectivity index (χ0n) is 13.1. The number of hydrogen-bond acceptors (Lipinski definition) is 6. The fourth-order valence-electron chi connectivity index (χ4n) is 3.20. The molecule has 0 amide bonds. The van der Waals surface area contributed by atoms with Crippen molar-refractivity contribution in [1.29, 1.82) is 0 Å². The van der Waals surface area contributed by atoms with Gasteiger partial charge in [0.25, 0.3) is 10.2 Å². The molecule has 2 heterocycles. The quantitative estimate of drug-likeness (QED) is 0.434. The van der Waals surface area contributed by atoms with Gasteiger partial charge in [0.15, 0.2) is 0 Å². The van der Waals surface area contributed by atoms with Gasteiger partial charge < -0.3 is 21.1 Å². The molecule has 0 aromatic carbocycles. The lowest BCUT2D eigenvalue weighted by Gasteiger charge is -2.31. The Labute approximate surface area is 133 Å². The SMILES string of the molecule is C[C@]1(N)CN(S(=O)(=O)N2CCCNC2)C[C@@H]1CCCB(O)O. The van der Waals surface area contributed by atoms with E-state index in [1.54, 1.807) is 0 Å². The molecule has 0 aromatic rings. The molecule has 5 N–H and O–H groups in total. The lowest BCUT2D eigenvalue weighted by Crippen LogP contribution is -2.51. The number of nitrogens with one attached hydrogen (secondary N) is 1. The van der Waals surface area contributed by atoms with E-state index in [9.17, 15) is 8.42 Å². The largest absolute Gasteiger partial charge is 0.451 e. The van der Waals surface area contributed by atoms with Crippen LogP contribution in [0.2, 0.25) is 6.32 Å². The summed E-state index contributed by atoms with van der Waals surface area (Å²) in [5.74, 6) is 0.0266. The smallest absolute Gasteiger partial charge is 0.427 e. The van der Waals surface area contributed by atoms with Gasteiger partial charge in [0.05, 0.1) is 6.67 Å². The van der Waals surface area contributed by atoms with Crippen molar-refractivity contribution in [2.75, 3.05) is 32.8 Å². The van der Waals surface area contributed by atoms with Gasteiger partial charge >= 0.3 is 7.12 Å². The minimum Gasteiger partial charge on any atom is -0.427 e. The van der Waals surface area contributed by atoms with Crippen LogP contribution in [-0.4, -0.2) is 72.6 Å². The van der Waals surface area contributed by atoms with Crippen molar-refractivity contribution in [3.05, 3.63) is 0 Å². The normalized spacial score (nSPS) is 31.5. The Kier molecular flexibility index (Phi) is 5.87. The summed E-state index contributed by atoms with van der Waals surface area (Å²) in [5, 5.41) is 20.9. The van der Waals surface area contributed by atoms with E-state index in [1.165, 1.54) is 8.61 Å². The minimum atomic E-state index is -3.48. The summed E-state index contributed by atoms with van der Waals surface area (Å²) in [4.78, 5) is 0. The van der Waals surface area contributed by atoms with Gasteiger partial charge in [0, 0.05) is 25.2 Å². The Balaban J connectivity index is 1.98. The van der Waals surface area contributed by atoms with Crippen molar-refractivity contribution in [2.24, 2.45) is 11.7 Å². The molecule has 0 unspecified atom stereocenters. The van der Waals surface area contributed by atoms with Gasteiger partial charge in [-0.3, -0.25) is 0 Å².